The average Bonchev–Trinajstić information content (AvgIpc) is 2.56. The molecule has 1 unspecified atom stereocenters. The highest BCUT2D eigenvalue weighted by Crippen LogP contribution is 2.30. The Balaban J connectivity index is 0.00000264. The van der Waals surface area contributed by atoms with Crippen LogP contribution in [0.15, 0.2) is 18.2 Å². The van der Waals surface area contributed by atoms with Crippen molar-refractivity contribution < 1.29 is 19.0 Å². The molecule has 1 aliphatic rings. The van der Waals surface area contributed by atoms with Crippen molar-refractivity contribution in [3.05, 3.63) is 23.8 Å². The van der Waals surface area contributed by atoms with Crippen molar-refractivity contribution in [2.24, 2.45) is 5.92 Å². The van der Waals surface area contributed by atoms with Crippen LogP contribution in [-0.2, 0) is 16.0 Å². The fourth-order valence-electron chi connectivity index (χ4n) is 2.38. The van der Waals surface area contributed by atoms with Crippen molar-refractivity contribution >= 4 is 18.3 Å². The van der Waals surface area contributed by atoms with Gasteiger partial charge in [0, 0.05) is 26.7 Å². The number of fused-ring (bicyclic) bond motifs is 1. The lowest BCUT2D eigenvalue weighted by molar-refractivity contribution is -0.126. The summed E-state index contributed by atoms with van der Waals surface area (Å²) in [6, 6.07) is 5.69. The number of ether oxygens (including phenoxy) is 3. The predicted octanol–water partition coefficient (Wildman–Crippen LogP) is 1.02. The normalized spacial score (nSPS) is 15.8. The number of benzene rings is 1. The maximum absolute atomic E-state index is 12.2. The molecule has 2 rings (SSSR count). The minimum absolute atomic E-state index is 0. The minimum atomic E-state index is -0.154. The fourth-order valence-corrected chi connectivity index (χ4v) is 2.38. The van der Waals surface area contributed by atoms with Gasteiger partial charge in [0.25, 0.3) is 0 Å². The summed E-state index contributed by atoms with van der Waals surface area (Å²) in [4.78, 5) is 12.2. The van der Waals surface area contributed by atoms with E-state index >= 15 is 0 Å². The van der Waals surface area contributed by atoms with Crippen LogP contribution in [0, 0.1) is 5.92 Å². The van der Waals surface area contributed by atoms with Crippen LogP contribution in [0.4, 0.5) is 0 Å². The summed E-state index contributed by atoms with van der Waals surface area (Å²) in [5.74, 6) is 1.50. The molecule has 23 heavy (non-hydrogen) atoms. The number of carbonyl (C=O) groups is 1. The summed E-state index contributed by atoms with van der Waals surface area (Å²) in [7, 11) is 3.30. The standard InChI is InChI=1S/C16H24N2O4.ClH/c1-20-8-7-17-5-6-18-16(19)13-9-12-10-14(21-2)3-4-15(12)22-11-13;/h3-4,10,13,17H,5-9,11H2,1-2H3,(H,18,19);1H. The average molecular weight is 345 g/mol. The number of methoxy groups -OCH3 is 2. The van der Waals surface area contributed by atoms with Gasteiger partial charge in [0.1, 0.15) is 18.1 Å². The topological polar surface area (TPSA) is 68.8 Å². The molecular weight excluding hydrogens is 320 g/mol. The molecule has 0 aromatic heterocycles. The first kappa shape index (κ1) is 19.5. The van der Waals surface area contributed by atoms with E-state index in [1.807, 2.05) is 18.2 Å². The van der Waals surface area contributed by atoms with E-state index in [0.717, 1.165) is 30.2 Å². The van der Waals surface area contributed by atoms with Crippen molar-refractivity contribution in [1.82, 2.24) is 10.6 Å². The lowest BCUT2D eigenvalue weighted by Crippen LogP contribution is -2.40. The molecule has 130 valence electrons. The van der Waals surface area contributed by atoms with Gasteiger partial charge in [0.2, 0.25) is 5.91 Å². The molecule has 0 bridgehead atoms. The Bertz CT molecular complexity index is 499. The Morgan fingerprint density at radius 3 is 2.87 bits per heavy atom. The molecule has 0 saturated heterocycles. The van der Waals surface area contributed by atoms with Crippen LogP contribution < -0.4 is 20.1 Å². The Hall–Kier alpha value is -1.50. The predicted molar refractivity (Wildman–Crippen MR) is 90.7 cm³/mol. The van der Waals surface area contributed by atoms with Gasteiger partial charge in [-0.2, -0.15) is 0 Å². The van der Waals surface area contributed by atoms with Crippen LogP contribution in [0.1, 0.15) is 5.56 Å². The lowest BCUT2D eigenvalue weighted by atomic mass is 9.96. The molecule has 0 fully saturated rings. The molecule has 6 nitrogen and oxygen atoms in total. The van der Waals surface area contributed by atoms with Crippen LogP contribution in [0.3, 0.4) is 0 Å². The van der Waals surface area contributed by atoms with Gasteiger partial charge in [-0.05, 0) is 30.2 Å². The molecule has 2 N–H and O–H groups in total. The maximum Gasteiger partial charge on any atom is 0.226 e. The van der Waals surface area contributed by atoms with E-state index in [1.165, 1.54) is 0 Å². The largest absolute Gasteiger partial charge is 0.497 e. The van der Waals surface area contributed by atoms with Crippen molar-refractivity contribution in [3.8, 4) is 11.5 Å². The molecule has 1 atom stereocenters. The molecule has 7 heteroatoms. The Labute approximate surface area is 143 Å². The van der Waals surface area contributed by atoms with Crippen LogP contribution in [0.25, 0.3) is 0 Å². The molecule has 1 aromatic carbocycles. The summed E-state index contributed by atoms with van der Waals surface area (Å²) < 4.78 is 15.8. The first-order valence-electron chi connectivity index (χ1n) is 7.51. The first-order chi connectivity index (χ1) is 10.7. The molecule has 0 radical (unpaired) electrons. The van der Waals surface area contributed by atoms with E-state index in [0.29, 0.717) is 26.2 Å². The second kappa shape index (κ2) is 10.3. The Kier molecular flexibility index (Phi) is 8.76. The molecule has 1 amide bonds. The summed E-state index contributed by atoms with van der Waals surface area (Å²) in [6.07, 6.45) is 0.676. The highest BCUT2D eigenvalue weighted by Gasteiger charge is 2.26. The molecule has 1 aromatic rings. The Morgan fingerprint density at radius 1 is 1.30 bits per heavy atom. The van der Waals surface area contributed by atoms with Crippen molar-refractivity contribution in [1.29, 1.82) is 0 Å². The van der Waals surface area contributed by atoms with Gasteiger partial charge >= 0.3 is 0 Å². The summed E-state index contributed by atoms with van der Waals surface area (Å²) in [6.45, 7) is 3.20. The van der Waals surface area contributed by atoms with Gasteiger partial charge < -0.3 is 24.8 Å². The number of hydrogen-bond acceptors (Lipinski definition) is 5. The van der Waals surface area contributed by atoms with Gasteiger partial charge in [-0.1, -0.05) is 0 Å². The SMILES string of the molecule is COCCNCCNC(=O)C1COc2ccc(OC)cc2C1.Cl. The van der Waals surface area contributed by atoms with E-state index in [1.54, 1.807) is 14.2 Å². The third kappa shape index (κ3) is 5.89. The van der Waals surface area contributed by atoms with Crippen molar-refractivity contribution in [3.63, 3.8) is 0 Å². The summed E-state index contributed by atoms with van der Waals surface area (Å²) >= 11 is 0. The van der Waals surface area contributed by atoms with E-state index < -0.39 is 0 Å². The zero-order valence-corrected chi connectivity index (χ0v) is 14.4. The summed E-state index contributed by atoms with van der Waals surface area (Å²) in [5.41, 5.74) is 1.02. The van der Waals surface area contributed by atoms with E-state index in [2.05, 4.69) is 10.6 Å². The maximum atomic E-state index is 12.2. The van der Waals surface area contributed by atoms with Crippen LogP contribution >= 0.6 is 12.4 Å². The van der Waals surface area contributed by atoms with Crippen LogP contribution in [-0.4, -0.2) is 53.0 Å². The number of rotatable bonds is 8. The second-order valence-electron chi connectivity index (χ2n) is 5.22. The summed E-state index contributed by atoms with van der Waals surface area (Å²) in [5, 5.41) is 6.12. The minimum Gasteiger partial charge on any atom is -0.497 e. The number of nitrogens with one attached hydrogen (secondary N) is 2. The Morgan fingerprint density at radius 2 is 2.13 bits per heavy atom. The van der Waals surface area contributed by atoms with Crippen molar-refractivity contribution in [2.75, 3.05) is 47.1 Å². The zero-order chi connectivity index (χ0) is 15.8. The quantitative estimate of drug-likeness (QED) is 0.689. The van der Waals surface area contributed by atoms with Crippen LogP contribution in [0.5, 0.6) is 11.5 Å². The van der Waals surface area contributed by atoms with Gasteiger partial charge in [0.15, 0.2) is 0 Å². The van der Waals surface area contributed by atoms with Gasteiger partial charge in [-0.15, -0.1) is 12.4 Å². The number of hydrogen-bond donors (Lipinski definition) is 2. The van der Waals surface area contributed by atoms with Gasteiger partial charge in [-0.25, -0.2) is 0 Å². The molecule has 0 saturated carbocycles. The monoisotopic (exact) mass is 344 g/mol. The van der Waals surface area contributed by atoms with Crippen LogP contribution in [0.2, 0.25) is 0 Å². The fraction of sp³-hybridized carbons (Fsp3) is 0.562. The van der Waals surface area contributed by atoms with E-state index in [4.69, 9.17) is 14.2 Å². The highest BCUT2D eigenvalue weighted by molar-refractivity contribution is 5.85. The third-order valence-electron chi connectivity index (χ3n) is 3.63. The van der Waals surface area contributed by atoms with E-state index in [-0.39, 0.29) is 24.2 Å². The highest BCUT2D eigenvalue weighted by atomic mass is 35.5. The first-order valence-corrected chi connectivity index (χ1v) is 7.51. The van der Waals surface area contributed by atoms with Gasteiger partial charge in [-0.3, -0.25) is 4.79 Å². The number of halogens is 1. The molecule has 1 aliphatic heterocycles. The molecular formula is C16H25ClN2O4. The molecule has 0 aliphatic carbocycles. The smallest absolute Gasteiger partial charge is 0.226 e. The van der Waals surface area contributed by atoms with Gasteiger partial charge in [0.05, 0.1) is 19.6 Å². The molecule has 1 heterocycles. The zero-order valence-electron chi connectivity index (χ0n) is 13.6. The van der Waals surface area contributed by atoms with E-state index in [9.17, 15) is 4.79 Å². The van der Waals surface area contributed by atoms with Crippen molar-refractivity contribution in [2.45, 2.75) is 6.42 Å². The second-order valence-corrected chi connectivity index (χ2v) is 5.22. The molecule has 0 spiro atoms. The lowest BCUT2D eigenvalue weighted by Gasteiger charge is -2.25. The number of amides is 1. The third-order valence-corrected chi connectivity index (χ3v) is 3.63. The number of carbonyl (C=O) groups excluding carboxylic acids is 1.